The predicted octanol–water partition coefficient (Wildman–Crippen LogP) is 1.34. The van der Waals surface area contributed by atoms with Gasteiger partial charge in [-0.05, 0) is 5.92 Å². The zero-order valence-corrected chi connectivity index (χ0v) is 10.7. The first-order chi connectivity index (χ1) is 7.93. The molecule has 2 aromatic rings. The van der Waals surface area contributed by atoms with Gasteiger partial charge >= 0.3 is 5.69 Å². The van der Waals surface area contributed by atoms with Crippen molar-refractivity contribution in [2.24, 2.45) is 13.0 Å². The number of nitrogens with zero attached hydrogens (tertiary/aromatic N) is 2. The summed E-state index contributed by atoms with van der Waals surface area (Å²) >= 11 is 5.93. The third-order valence-electron chi connectivity index (χ3n) is 2.69. The largest absolute Gasteiger partial charge is 0.350 e. The minimum absolute atomic E-state index is 0.276. The summed E-state index contributed by atoms with van der Waals surface area (Å²) in [7, 11) is 1.46. The van der Waals surface area contributed by atoms with Gasteiger partial charge in [0, 0.05) is 19.8 Å². The van der Waals surface area contributed by atoms with Gasteiger partial charge in [-0.1, -0.05) is 25.4 Å². The first-order valence-corrected chi connectivity index (χ1v) is 5.77. The number of halogens is 1. The van der Waals surface area contributed by atoms with Crippen molar-refractivity contribution in [3.05, 3.63) is 32.2 Å². The zero-order chi connectivity index (χ0) is 12.7. The predicted molar refractivity (Wildman–Crippen MR) is 67.6 cm³/mol. The Bertz CT molecular complexity index is 678. The van der Waals surface area contributed by atoms with Gasteiger partial charge in [0.1, 0.15) is 10.5 Å². The lowest BCUT2D eigenvalue weighted by molar-refractivity contribution is 0.503. The van der Waals surface area contributed by atoms with Crippen LogP contribution in [0.1, 0.15) is 13.8 Å². The van der Waals surface area contributed by atoms with Crippen molar-refractivity contribution in [3.63, 3.8) is 0 Å². The van der Waals surface area contributed by atoms with Gasteiger partial charge in [-0.3, -0.25) is 13.9 Å². The number of rotatable bonds is 2. The minimum Gasteiger partial charge on any atom is -0.350 e. The van der Waals surface area contributed by atoms with E-state index in [2.05, 4.69) is 4.98 Å². The molecule has 0 saturated heterocycles. The van der Waals surface area contributed by atoms with Crippen LogP contribution in [0.25, 0.3) is 10.9 Å². The SMILES string of the molecule is CC(C)Cn1c(=O)n(C)c(=O)c2c(Cl)[nH]cc21. The third kappa shape index (κ3) is 1.80. The summed E-state index contributed by atoms with van der Waals surface area (Å²) < 4.78 is 2.66. The van der Waals surface area contributed by atoms with Crippen LogP contribution in [0.2, 0.25) is 5.15 Å². The Balaban J connectivity index is 2.92. The van der Waals surface area contributed by atoms with Crippen molar-refractivity contribution in [1.82, 2.24) is 14.1 Å². The molecule has 2 aromatic heterocycles. The van der Waals surface area contributed by atoms with E-state index in [4.69, 9.17) is 11.6 Å². The van der Waals surface area contributed by atoms with Crippen LogP contribution in [0, 0.1) is 5.92 Å². The van der Waals surface area contributed by atoms with Gasteiger partial charge in [-0.2, -0.15) is 0 Å². The number of hydrogen-bond acceptors (Lipinski definition) is 2. The Morgan fingerprint density at radius 2 is 2.06 bits per heavy atom. The Hall–Kier alpha value is -1.49. The number of aromatic amines is 1. The van der Waals surface area contributed by atoms with E-state index in [1.165, 1.54) is 7.05 Å². The van der Waals surface area contributed by atoms with Crippen molar-refractivity contribution in [1.29, 1.82) is 0 Å². The van der Waals surface area contributed by atoms with Crippen molar-refractivity contribution in [3.8, 4) is 0 Å². The van der Waals surface area contributed by atoms with Crippen molar-refractivity contribution in [2.75, 3.05) is 0 Å². The van der Waals surface area contributed by atoms with E-state index >= 15 is 0 Å². The maximum atomic E-state index is 12.0. The fourth-order valence-corrected chi connectivity index (χ4v) is 2.12. The monoisotopic (exact) mass is 255 g/mol. The molecule has 2 rings (SSSR count). The molecule has 0 fully saturated rings. The van der Waals surface area contributed by atoms with Crippen LogP contribution in [0.3, 0.4) is 0 Å². The highest BCUT2D eigenvalue weighted by molar-refractivity contribution is 6.34. The average Bonchev–Trinajstić information content (AvgIpc) is 2.63. The first-order valence-electron chi connectivity index (χ1n) is 5.40. The first kappa shape index (κ1) is 12.0. The Morgan fingerprint density at radius 3 is 2.65 bits per heavy atom. The van der Waals surface area contributed by atoms with Gasteiger partial charge in [0.2, 0.25) is 0 Å². The van der Waals surface area contributed by atoms with Gasteiger partial charge in [-0.25, -0.2) is 4.79 Å². The van der Waals surface area contributed by atoms with Gasteiger partial charge in [0.25, 0.3) is 5.56 Å². The number of aromatic nitrogens is 3. The lowest BCUT2D eigenvalue weighted by Crippen LogP contribution is -2.38. The normalized spacial score (nSPS) is 11.6. The molecular weight excluding hydrogens is 242 g/mol. The molecular formula is C11H14ClN3O2. The minimum atomic E-state index is -0.365. The molecule has 0 aliphatic carbocycles. The van der Waals surface area contributed by atoms with Gasteiger partial charge in [0.05, 0.1) is 5.52 Å². The molecule has 17 heavy (non-hydrogen) atoms. The summed E-state index contributed by atoms with van der Waals surface area (Å²) in [5, 5.41) is 0.646. The molecule has 0 saturated carbocycles. The highest BCUT2D eigenvalue weighted by atomic mass is 35.5. The summed E-state index contributed by atoms with van der Waals surface area (Å²) in [6.45, 7) is 4.58. The lowest BCUT2D eigenvalue weighted by Gasteiger charge is -2.11. The second-order valence-electron chi connectivity index (χ2n) is 4.51. The van der Waals surface area contributed by atoms with Crippen molar-refractivity contribution < 1.29 is 0 Å². The fraction of sp³-hybridized carbons (Fsp3) is 0.455. The smallest absolute Gasteiger partial charge is 0.331 e. The summed E-state index contributed by atoms with van der Waals surface area (Å²) in [4.78, 5) is 26.7. The Morgan fingerprint density at radius 1 is 1.41 bits per heavy atom. The van der Waals surface area contributed by atoms with E-state index in [-0.39, 0.29) is 16.4 Å². The summed E-state index contributed by atoms with van der Waals surface area (Å²) in [5.74, 6) is 0.307. The molecule has 5 nitrogen and oxygen atoms in total. The van der Waals surface area contributed by atoms with Crippen LogP contribution < -0.4 is 11.2 Å². The maximum Gasteiger partial charge on any atom is 0.331 e. The van der Waals surface area contributed by atoms with E-state index < -0.39 is 0 Å². The van der Waals surface area contributed by atoms with E-state index in [1.807, 2.05) is 13.8 Å². The Labute approximate surface area is 103 Å². The number of nitrogens with one attached hydrogen (secondary N) is 1. The fourth-order valence-electron chi connectivity index (χ4n) is 1.89. The highest BCUT2D eigenvalue weighted by Crippen LogP contribution is 2.18. The summed E-state index contributed by atoms with van der Waals surface area (Å²) in [5.41, 5.74) is -0.111. The van der Waals surface area contributed by atoms with Crippen LogP contribution in [0.4, 0.5) is 0 Å². The van der Waals surface area contributed by atoms with Crippen LogP contribution in [-0.4, -0.2) is 14.1 Å². The molecule has 92 valence electrons. The molecule has 0 amide bonds. The van der Waals surface area contributed by atoms with E-state index in [0.29, 0.717) is 23.4 Å². The number of fused-ring (bicyclic) bond motifs is 1. The van der Waals surface area contributed by atoms with Gasteiger partial charge in [0.15, 0.2) is 0 Å². The molecule has 0 bridgehead atoms. The summed E-state index contributed by atoms with van der Waals surface area (Å²) in [6, 6.07) is 0. The van der Waals surface area contributed by atoms with Crippen LogP contribution >= 0.6 is 11.6 Å². The van der Waals surface area contributed by atoms with E-state index in [0.717, 1.165) is 4.57 Å². The number of H-pyrrole nitrogens is 1. The molecule has 1 N–H and O–H groups in total. The van der Waals surface area contributed by atoms with Crippen LogP contribution in [0.15, 0.2) is 15.8 Å². The van der Waals surface area contributed by atoms with Gasteiger partial charge in [-0.15, -0.1) is 0 Å². The van der Waals surface area contributed by atoms with E-state index in [9.17, 15) is 9.59 Å². The molecule has 0 atom stereocenters. The molecule has 2 heterocycles. The molecule has 0 aliphatic heterocycles. The molecule has 0 aromatic carbocycles. The third-order valence-corrected chi connectivity index (χ3v) is 2.98. The maximum absolute atomic E-state index is 12.0. The number of hydrogen-bond donors (Lipinski definition) is 1. The molecule has 0 unspecified atom stereocenters. The van der Waals surface area contributed by atoms with Gasteiger partial charge < -0.3 is 4.98 Å². The molecule has 0 spiro atoms. The molecule has 0 radical (unpaired) electrons. The second-order valence-corrected chi connectivity index (χ2v) is 4.89. The van der Waals surface area contributed by atoms with Crippen LogP contribution in [0.5, 0.6) is 0 Å². The summed E-state index contributed by atoms with van der Waals surface area (Å²) in [6.07, 6.45) is 1.60. The van der Waals surface area contributed by atoms with E-state index in [1.54, 1.807) is 10.8 Å². The highest BCUT2D eigenvalue weighted by Gasteiger charge is 2.15. The second kappa shape index (κ2) is 4.07. The lowest BCUT2D eigenvalue weighted by atomic mass is 10.2. The molecule has 6 heteroatoms. The van der Waals surface area contributed by atoms with Crippen molar-refractivity contribution >= 4 is 22.5 Å². The standard InChI is InChI=1S/C11H14ClN3O2/c1-6(2)5-15-7-4-13-9(12)8(7)10(16)14(3)11(15)17/h4,6,13H,5H2,1-3H3. The average molecular weight is 256 g/mol. The van der Waals surface area contributed by atoms with Crippen molar-refractivity contribution in [2.45, 2.75) is 20.4 Å². The van der Waals surface area contributed by atoms with Crippen LogP contribution in [-0.2, 0) is 13.6 Å². The Kier molecular flexibility index (Phi) is 2.87. The topological polar surface area (TPSA) is 59.8 Å². The molecule has 0 aliphatic rings. The zero-order valence-electron chi connectivity index (χ0n) is 9.95. The quantitative estimate of drug-likeness (QED) is 0.880.